The van der Waals surface area contributed by atoms with E-state index in [9.17, 15) is 22.8 Å². The summed E-state index contributed by atoms with van der Waals surface area (Å²) in [6.45, 7) is 0. The van der Waals surface area contributed by atoms with Crippen LogP contribution < -0.4 is 5.32 Å². The van der Waals surface area contributed by atoms with Crippen molar-refractivity contribution in [2.45, 2.75) is 0 Å². The molecule has 3 nitrogen and oxygen atoms in total. The molecule has 2 rings (SSSR count). The Morgan fingerprint density at radius 3 is 2.14 bits per heavy atom. The minimum Gasteiger partial charge on any atom is -0.288 e. The molecule has 0 atom stereocenters. The SMILES string of the molecule is O=C1NC(=O)c2c(F)c(F)cc(F)c21. The van der Waals surface area contributed by atoms with Crippen LogP contribution in [0.25, 0.3) is 0 Å². The second kappa shape index (κ2) is 2.57. The van der Waals surface area contributed by atoms with E-state index < -0.39 is 40.4 Å². The molecule has 0 unspecified atom stereocenters. The number of hydrogen-bond acceptors (Lipinski definition) is 2. The van der Waals surface area contributed by atoms with E-state index in [1.54, 1.807) is 5.32 Å². The Morgan fingerprint density at radius 1 is 0.929 bits per heavy atom. The number of amides is 2. The molecule has 0 fully saturated rings. The Hall–Kier alpha value is -1.85. The zero-order valence-electron chi connectivity index (χ0n) is 6.53. The average Bonchev–Trinajstić information content (AvgIpc) is 2.38. The molecule has 1 aliphatic rings. The van der Waals surface area contributed by atoms with Gasteiger partial charge in [-0.3, -0.25) is 14.9 Å². The molecule has 14 heavy (non-hydrogen) atoms. The summed E-state index contributed by atoms with van der Waals surface area (Å²) >= 11 is 0. The van der Waals surface area contributed by atoms with Gasteiger partial charge in [-0.05, 0) is 0 Å². The van der Waals surface area contributed by atoms with E-state index in [0.29, 0.717) is 0 Å². The second-order valence-corrected chi connectivity index (χ2v) is 2.69. The molecule has 0 spiro atoms. The molecule has 72 valence electrons. The molecular weight excluding hydrogens is 199 g/mol. The van der Waals surface area contributed by atoms with Crippen LogP contribution in [0.15, 0.2) is 6.07 Å². The minimum absolute atomic E-state index is 0.229. The van der Waals surface area contributed by atoms with Crippen molar-refractivity contribution in [2.75, 3.05) is 0 Å². The third kappa shape index (κ3) is 0.935. The number of carbonyl (C=O) groups excluding carboxylic acids is 2. The van der Waals surface area contributed by atoms with Crippen LogP contribution >= 0.6 is 0 Å². The maximum absolute atomic E-state index is 13.0. The van der Waals surface area contributed by atoms with Gasteiger partial charge in [-0.1, -0.05) is 0 Å². The summed E-state index contributed by atoms with van der Waals surface area (Å²) in [7, 11) is 0. The van der Waals surface area contributed by atoms with Crippen LogP contribution in [0.5, 0.6) is 0 Å². The van der Waals surface area contributed by atoms with E-state index >= 15 is 0 Å². The van der Waals surface area contributed by atoms with E-state index in [0.717, 1.165) is 0 Å². The van der Waals surface area contributed by atoms with Crippen LogP contribution in [0.2, 0.25) is 0 Å². The number of benzene rings is 1. The zero-order valence-corrected chi connectivity index (χ0v) is 6.53. The Morgan fingerprint density at radius 2 is 1.50 bits per heavy atom. The zero-order chi connectivity index (χ0) is 10.5. The summed E-state index contributed by atoms with van der Waals surface area (Å²) in [5, 5.41) is 1.67. The summed E-state index contributed by atoms with van der Waals surface area (Å²) in [6.07, 6.45) is 0. The van der Waals surface area contributed by atoms with Crippen LogP contribution in [0.3, 0.4) is 0 Å². The number of halogens is 3. The first-order valence-corrected chi connectivity index (χ1v) is 3.55. The normalized spacial score (nSPS) is 14.2. The van der Waals surface area contributed by atoms with Gasteiger partial charge in [-0.25, -0.2) is 13.2 Å². The number of imide groups is 1. The van der Waals surface area contributed by atoms with Crippen LogP contribution in [-0.2, 0) is 0 Å². The fraction of sp³-hybridized carbons (Fsp3) is 0. The summed E-state index contributed by atoms with van der Waals surface area (Å²) in [5.74, 6) is -6.43. The second-order valence-electron chi connectivity index (χ2n) is 2.69. The first-order valence-electron chi connectivity index (χ1n) is 3.55. The van der Waals surface area contributed by atoms with Crippen LogP contribution in [0.4, 0.5) is 13.2 Å². The van der Waals surface area contributed by atoms with Gasteiger partial charge >= 0.3 is 0 Å². The molecule has 0 aromatic heterocycles. The Kier molecular flexibility index (Phi) is 1.60. The standard InChI is InChI=1S/C8H2F3NO2/c9-2-1-3(10)6(11)5-4(2)7(13)12-8(5)14/h1H,(H,12,13,14). The van der Waals surface area contributed by atoms with Crippen molar-refractivity contribution >= 4 is 11.8 Å². The van der Waals surface area contributed by atoms with Gasteiger partial charge in [0.15, 0.2) is 11.6 Å². The summed E-state index contributed by atoms with van der Waals surface area (Å²) in [5.41, 5.74) is -1.61. The van der Waals surface area contributed by atoms with E-state index in [1.165, 1.54) is 0 Å². The first kappa shape index (κ1) is 8.74. The minimum atomic E-state index is -1.51. The van der Waals surface area contributed by atoms with Crippen LogP contribution in [0, 0.1) is 17.5 Å². The highest BCUT2D eigenvalue weighted by Gasteiger charge is 2.35. The maximum atomic E-state index is 13.0. The third-order valence-corrected chi connectivity index (χ3v) is 1.85. The van der Waals surface area contributed by atoms with Gasteiger partial charge in [0, 0.05) is 6.07 Å². The Labute approximate surface area is 75.5 Å². The van der Waals surface area contributed by atoms with Crippen molar-refractivity contribution in [3.63, 3.8) is 0 Å². The van der Waals surface area contributed by atoms with Crippen molar-refractivity contribution in [1.82, 2.24) is 5.32 Å². The van der Waals surface area contributed by atoms with Gasteiger partial charge in [0.2, 0.25) is 0 Å². The van der Waals surface area contributed by atoms with Gasteiger partial charge in [0.1, 0.15) is 5.82 Å². The molecule has 1 aromatic rings. The quantitative estimate of drug-likeness (QED) is 0.502. The van der Waals surface area contributed by atoms with Crippen molar-refractivity contribution in [3.05, 3.63) is 34.6 Å². The molecule has 2 amide bonds. The number of nitrogens with one attached hydrogen (secondary N) is 1. The molecule has 0 saturated carbocycles. The van der Waals surface area contributed by atoms with E-state index in [2.05, 4.69) is 0 Å². The lowest BCUT2D eigenvalue weighted by atomic mass is 10.1. The number of hydrogen-bond donors (Lipinski definition) is 1. The van der Waals surface area contributed by atoms with Gasteiger partial charge < -0.3 is 0 Å². The predicted molar refractivity (Wildman–Crippen MR) is 38.1 cm³/mol. The van der Waals surface area contributed by atoms with E-state index in [-0.39, 0.29) is 6.07 Å². The fourth-order valence-electron chi connectivity index (χ4n) is 1.26. The highest BCUT2D eigenvalue weighted by atomic mass is 19.2. The molecule has 6 heteroatoms. The molecule has 1 heterocycles. The Bertz CT molecular complexity index is 470. The largest absolute Gasteiger partial charge is 0.288 e. The van der Waals surface area contributed by atoms with Gasteiger partial charge in [0.05, 0.1) is 11.1 Å². The number of rotatable bonds is 0. The lowest BCUT2D eigenvalue weighted by Crippen LogP contribution is -2.20. The molecule has 1 aliphatic heterocycles. The van der Waals surface area contributed by atoms with Crippen molar-refractivity contribution in [3.8, 4) is 0 Å². The lowest BCUT2D eigenvalue weighted by Gasteiger charge is -1.99. The van der Waals surface area contributed by atoms with Crippen molar-refractivity contribution in [2.24, 2.45) is 0 Å². The van der Waals surface area contributed by atoms with Crippen molar-refractivity contribution in [1.29, 1.82) is 0 Å². The van der Waals surface area contributed by atoms with Crippen LogP contribution in [0.1, 0.15) is 20.7 Å². The molecule has 0 bridgehead atoms. The van der Waals surface area contributed by atoms with Gasteiger partial charge in [-0.2, -0.15) is 0 Å². The summed E-state index contributed by atoms with van der Waals surface area (Å²) in [6, 6.07) is 0.229. The molecular formula is C8H2F3NO2. The highest BCUT2D eigenvalue weighted by molar-refractivity contribution is 6.21. The third-order valence-electron chi connectivity index (χ3n) is 1.85. The molecule has 0 saturated heterocycles. The summed E-state index contributed by atoms with van der Waals surface area (Å²) < 4.78 is 38.5. The number of fused-ring (bicyclic) bond motifs is 1. The summed E-state index contributed by atoms with van der Waals surface area (Å²) in [4.78, 5) is 21.8. The fourth-order valence-corrected chi connectivity index (χ4v) is 1.26. The monoisotopic (exact) mass is 201 g/mol. The molecule has 0 aliphatic carbocycles. The van der Waals surface area contributed by atoms with E-state index in [1.807, 2.05) is 0 Å². The van der Waals surface area contributed by atoms with Crippen molar-refractivity contribution < 1.29 is 22.8 Å². The molecule has 1 aromatic carbocycles. The number of carbonyl (C=O) groups is 2. The molecule has 1 N–H and O–H groups in total. The lowest BCUT2D eigenvalue weighted by molar-refractivity contribution is 0.0877. The van der Waals surface area contributed by atoms with Gasteiger partial charge in [0.25, 0.3) is 11.8 Å². The first-order chi connectivity index (χ1) is 6.52. The average molecular weight is 201 g/mol. The topological polar surface area (TPSA) is 46.2 Å². The maximum Gasteiger partial charge on any atom is 0.262 e. The van der Waals surface area contributed by atoms with Gasteiger partial charge in [-0.15, -0.1) is 0 Å². The smallest absolute Gasteiger partial charge is 0.262 e. The highest BCUT2D eigenvalue weighted by Crippen LogP contribution is 2.24. The van der Waals surface area contributed by atoms with Crippen LogP contribution in [-0.4, -0.2) is 11.8 Å². The predicted octanol–water partition coefficient (Wildman–Crippen LogP) is 0.988. The molecule has 0 radical (unpaired) electrons. The van der Waals surface area contributed by atoms with E-state index in [4.69, 9.17) is 0 Å². The Balaban J connectivity index is 2.86.